The maximum atomic E-state index is 9.62. The fourth-order valence-electron chi connectivity index (χ4n) is 5.35. The lowest BCUT2D eigenvalue weighted by atomic mass is 9.85. The van der Waals surface area contributed by atoms with Crippen LogP contribution >= 0.6 is 0 Å². The second kappa shape index (κ2) is 10.9. The summed E-state index contributed by atoms with van der Waals surface area (Å²) in [5.41, 5.74) is -5.93. The molecule has 0 N–H and O–H groups in total. The molecule has 9 rings (SSSR count). The monoisotopic (exact) mass is 611 g/mol. The van der Waals surface area contributed by atoms with Gasteiger partial charge in [0.25, 0.3) is 0 Å². The standard InChI is InChI=1S/C46H30/c1-2-13-33(14-3-1)45-41-18-8-10-20-43(41)46(44-21-11-9-19-42(44)45)34-25-23-32(24-26-34)37-28-29-38(40-17-7-6-16-39(37)40)36-27-22-31-12-4-5-15-35(31)30-36/h1-30H/i1D,2D,3D,4D,5D,6D,7D,8D,9D,10D,11D,12D,13D,14D,15D,17D,18D,19D,20D,21D,22D,23D,24D,25D,26D,27D,28D,29D,30D. The molecule has 0 heteroatoms. The summed E-state index contributed by atoms with van der Waals surface area (Å²) in [6, 6.07) is -26.1. The van der Waals surface area contributed by atoms with Crippen LogP contribution in [-0.4, -0.2) is 0 Å². The normalized spacial score (nSPS) is 20.3. The number of fused-ring (bicyclic) bond motifs is 4. The Morgan fingerprint density at radius 1 is 0.283 bits per heavy atom. The number of rotatable bonds is 4. The van der Waals surface area contributed by atoms with Gasteiger partial charge >= 0.3 is 0 Å². The van der Waals surface area contributed by atoms with Gasteiger partial charge in [0.15, 0.2) is 0 Å². The Bertz CT molecular complexity index is 4080. The van der Waals surface area contributed by atoms with E-state index < -0.39 is 263 Å². The summed E-state index contributed by atoms with van der Waals surface area (Å²) in [4.78, 5) is 0. The van der Waals surface area contributed by atoms with Crippen LogP contribution in [-0.2, 0) is 0 Å². The van der Waals surface area contributed by atoms with Crippen molar-refractivity contribution in [2.75, 3.05) is 0 Å². The molecule has 0 aliphatic carbocycles. The average molecular weight is 612 g/mol. The highest BCUT2D eigenvalue weighted by molar-refractivity contribution is 6.21. The lowest BCUT2D eigenvalue weighted by Crippen LogP contribution is -1.91. The molecular formula is C46H30. The Hall–Kier alpha value is -5.98. The largest absolute Gasteiger partial charge is 0.0636 e. The first kappa shape index (κ1) is 10.3. The van der Waals surface area contributed by atoms with Gasteiger partial charge in [-0.1, -0.05) is 175 Å². The van der Waals surface area contributed by atoms with E-state index in [4.69, 9.17) is 24.7 Å². The van der Waals surface area contributed by atoms with Gasteiger partial charge < -0.3 is 0 Å². The summed E-state index contributed by atoms with van der Waals surface area (Å²) >= 11 is 0. The first-order valence-corrected chi connectivity index (χ1v) is 13.6. The summed E-state index contributed by atoms with van der Waals surface area (Å²) in [5, 5.41) is -5.05. The van der Waals surface area contributed by atoms with Gasteiger partial charge in [-0.15, -0.1) is 0 Å². The molecule has 0 radical (unpaired) electrons. The third-order valence-electron chi connectivity index (χ3n) is 7.33. The van der Waals surface area contributed by atoms with Crippen molar-refractivity contribution < 1.29 is 39.8 Å². The molecule has 9 aromatic rings. The van der Waals surface area contributed by atoms with E-state index in [2.05, 4.69) is 0 Å². The minimum Gasteiger partial charge on any atom is -0.0622 e. The van der Waals surface area contributed by atoms with Gasteiger partial charge in [0, 0.05) is 0 Å². The van der Waals surface area contributed by atoms with Gasteiger partial charge in [-0.2, -0.15) is 0 Å². The Morgan fingerprint density at radius 3 is 1.39 bits per heavy atom. The zero-order valence-electron chi connectivity index (χ0n) is 52.1. The van der Waals surface area contributed by atoms with Crippen molar-refractivity contribution in [2.24, 2.45) is 0 Å². The van der Waals surface area contributed by atoms with Crippen LogP contribution in [0.5, 0.6) is 0 Å². The Kier molecular flexibility index (Phi) is 2.43. The molecule has 0 nitrogen and oxygen atoms in total. The fourth-order valence-corrected chi connectivity index (χ4v) is 5.35. The molecule has 0 unspecified atom stereocenters. The van der Waals surface area contributed by atoms with Gasteiger partial charge in [0.2, 0.25) is 0 Å². The van der Waals surface area contributed by atoms with E-state index >= 15 is 0 Å². The van der Waals surface area contributed by atoms with Crippen LogP contribution in [0, 0.1) is 0 Å². The van der Waals surface area contributed by atoms with Crippen molar-refractivity contribution in [3.8, 4) is 44.5 Å². The van der Waals surface area contributed by atoms with Gasteiger partial charge in [0.05, 0.1) is 39.8 Å². The number of benzene rings is 9. The van der Waals surface area contributed by atoms with Crippen LogP contribution in [0.1, 0.15) is 39.8 Å². The second-order valence-electron chi connectivity index (χ2n) is 9.83. The fraction of sp³-hybridized carbons (Fsp3) is 0. The van der Waals surface area contributed by atoms with Crippen molar-refractivity contribution in [1.29, 1.82) is 0 Å². The maximum absolute atomic E-state index is 9.62. The van der Waals surface area contributed by atoms with Gasteiger partial charge in [-0.3, -0.25) is 0 Å². The van der Waals surface area contributed by atoms with Gasteiger partial charge in [-0.25, -0.2) is 0 Å². The number of hydrogen-bond acceptors (Lipinski definition) is 0. The van der Waals surface area contributed by atoms with Crippen molar-refractivity contribution >= 4 is 43.1 Å². The average Bonchev–Trinajstić information content (AvgIpc) is 3.37. The van der Waals surface area contributed by atoms with Crippen molar-refractivity contribution in [3.63, 3.8) is 0 Å². The summed E-state index contributed by atoms with van der Waals surface area (Å²) in [6.07, 6.45) is 0. The van der Waals surface area contributed by atoms with Crippen LogP contribution in [0.25, 0.3) is 87.6 Å². The number of hydrogen-bond donors (Lipinski definition) is 0. The molecule has 0 aliphatic rings. The molecule has 0 atom stereocenters. The lowest BCUT2D eigenvalue weighted by molar-refractivity contribution is 1.62. The van der Waals surface area contributed by atoms with Crippen molar-refractivity contribution in [1.82, 2.24) is 0 Å². The molecule has 0 aromatic heterocycles. The molecule has 9 aromatic carbocycles. The first-order chi connectivity index (χ1) is 34.9. The smallest absolute Gasteiger partial charge is 0.0622 e. The second-order valence-corrected chi connectivity index (χ2v) is 9.83. The molecule has 0 bridgehead atoms. The molecule has 0 heterocycles. The minimum absolute atomic E-state index is 0.493. The Balaban J connectivity index is 1.49. The molecule has 214 valence electrons. The molecule has 0 aliphatic heterocycles. The Labute approximate surface area is 309 Å². The highest BCUT2D eigenvalue weighted by Gasteiger charge is 2.17. The summed E-state index contributed by atoms with van der Waals surface area (Å²) in [6.45, 7) is 0. The molecule has 0 spiro atoms. The van der Waals surface area contributed by atoms with E-state index in [0.29, 0.717) is 0 Å². The van der Waals surface area contributed by atoms with Crippen LogP contribution < -0.4 is 0 Å². The predicted octanol–water partition coefficient (Wildman–Crippen LogP) is 13.0. The van der Waals surface area contributed by atoms with E-state index in [1.807, 2.05) is 0 Å². The van der Waals surface area contributed by atoms with Crippen LogP contribution in [0.3, 0.4) is 0 Å². The zero-order valence-corrected chi connectivity index (χ0v) is 23.1. The summed E-state index contributed by atoms with van der Waals surface area (Å²) in [5.74, 6) is 0. The third-order valence-corrected chi connectivity index (χ3v) is 7.33. The van der Waals surface area contributed by atoms with E-state index in [1.54, 1.807) is 0 Å². The zero-order chi connectivity index (χ0) is 55.7. The summed E-state index contributed by atoms with van der Waals surface area (Å²) in [7, 11) is 0. The van der Waals surface area contributed by atoms with E-state index in [0.717, 1.165) is 6.07 Å². The summed E-state index contributed by atoms with van der Waals surface area (Å²) < 4.78 is 259. The topological polar surface area (TPSA) is 0 Å². The molecular weight excluding hydrogens is 553 g/mol. The van der Waals surface area contributed by atoms with E-state index in [-0.39, 0.29) is 0 Å². The predicted molar refractivity (Wildman–Crippen MR) is 198 cm³/mol. The maximum Gasteiger partial charge on any atom is 0.0636 e. The minimum atomic E-state index is -1.11. The first-order valence-electron chi connectivity index (χ1n) is 28.1. The third kappa shape index (κ3) is 4.30. The highest BCUT2D eigenvalue weighted by atomic mass is 14.2. The van der Waals surface area contributed by atoms with E-state index in [1.165, 1.54) is 0 Å². The van der Waals surface area contributed by atoms with Crippen LogP contribution in [0.2, 0.25) is 0 Å². The molecule has 46 heavy (non-hydrogen) atoms. The van der Waals surface area contributed by atoms with Gasteiger partial charge in [0.1, 0.15) is 0 Å². The van der Waals surface area contributed by atoms with Crippen LogP contribution in [0.15, 0.2) is 181 Å². The molecule has 0 saturated carbocycles. The van der Waals surface area contributed by atoms with Crippen molar-refractivity contribution in [2.45, 2.75) is 0 Å². The molecule has 0 fully saturated rings. The molecule has 0 amide bonds. The van der Waals surface area contributed by atoms with Crippen molar-refractivity contribution in [3.05, 3.63) is 181 Å². The lowest BCUT2D eigenvalue weighted by Gasteiger charge is -2.18. The highest BCUT2D eigenvalue weighted by Crippen LogP contribution is 2.44. The quantitative estimate of drug-likeness (QED) is 0.174. The van der Waals surface area contributed by atoms with E-state index in [9.17, 15) is 15.1 Å². The molecule has 0 saturated heterocycles. The van der Waals surface area contributed by atoms with Crippen LogP contribution in [0.4, 0.5) is 0 Å². The van der Waals surface area contributed by atoms with Gasteiger partial charge in [-0.05, 0) is 93.6 Å². The Morgan fingerprint density at radius 2 is 0.739 bits per heavy atom. The SMILES string of the molecule is [2H]c1cc2c(-c3c([2H])c([2H])c(-c4c5c([2H])c([2H])c([2H])c([2H])c5c(-c5c([2H])c([2H])c([2H])c([2H])c5[2H])c5c([2H])c([2H])c([2H])c([2H])c45)c([2H])c3[2H])c([2H])c([2H])c(-c3c([2H])c([2H])c4c([2H])c([2H])c([2H])c([2H])c4c3[2H])c2c([2H])c1[2H].